The second-order valence-corrected chi connectivity index (χ2v) is 7.78. The number of amides is 1. The lowest BCUT2D eigenvalue weighted by Crippen LogP contribution is -2.44. The van der Waals surface area contributed by atoms with Crippen molar-refractivity contribution in [1.29, 1.82) is 0 Å². The number of likely N-dealkylation sites (tertiary alicyclic amines) is 1. The molecule has 1 N–H and O–H groups in total. The highest BCUT2D eigenvalue weighted by Crippen LogP contribution is 2.16. The molecule has 1 aliphatic heterocycles. The van der Waals surface area contributed by atoms with Crippen molar-refractivity contribution < 1.29 is 17.9 Å². The number of nitrogens with zero attached hydrogens (tertiary/aromatic N) is 1. The first-order valence-electron chi connectivity index (χ1n) is 7.78. The molecular weight excluding hydrogens is 316 g/mol. The maximum Gasteiger partial charge on any atom is 0.248 e. The molecule has 23 heavy (non-hydrogen) atoms. The van der Waals surface area contributed by atoms with Gasteiger partial charge >= 0.3 is 0 Å². The van der Waals surface area contributed by atoms with Gasteiger partial charge < -0.3 is 9.64 Å². The Bertz CT molecular complexity index is 604. The Morgan fingerprint density at radius 3 is 2.78 bits per heavy atom. The minimum absolute atomic E-state index is 0.0370. The molecule has 1 aliphatic rings. The Labute approximate surface area is 137 Å². The highest BCUT2D eigenvalue weighted by Gasteiger charge is 2.24. The molecule has 0 radical (unpaired) electrons. The smallest absolute Gasteiger partial charge is 0.248 e. The summed E-state index contributed by atoms with van der Waals surface area (Å²) >= 11 is 0. The maximum atomic E-state index is 12.2. The van der Waals surface area contributed by atoms with E-state index in [1.54, 1.807) is 4.90 Å². The minimum atomic E-state index is -3.18. The highest BCUT2D eigenvalue weighted by molar-refractivity contribution is 7.88. The van der Waals surface area contributed by atoms with E-state index < -0.39 is 10.0 Å². The van der Waals surface area contributed by atoms with E-state index in [0.29, 0.717) is 26.2 Å². The molecule has 2 rings (SSSR count). The zero-order valence-corrected chi connectivity index (χ0v) is 14.2. The van der Waals surface area contributed by atoms with Crippen molar-refractivity contribution in [3.8, 4) is 0 Å². The largest absolute Gasteiger partial charge is 0.367 e. The maximum absolute atomic E-state index is 12.2. The quantitative estimate of drug-likeness (QED) is 0.803. The van der Waals surface area contributed by atoms with Crippen LogP contribution in [0.4, 0.5) is 0 Å². The van der Waals surface area contributed by atoms with Crippen molar-refractivity contribution in [1.82, 2.24) is 9.62 Å². The fourth-order valence-corrected chi connectivity index (χ4v) is 3.19. The number of rotatable bonds is 7. The molecular formula is C16H24N2O4S. The van der Waals surface area contributed by atoms with Crippen LogP contribution in [0.25, 0.3) is 0 Å². The van der Waals surface area contributed by atoms with Crippen molar-refractivity contribution in [2.75, 3.05) is 32.5 Å². The van der Waals surface area contributed by atoms with E-state index in [2.05, 4.69) is 4.72 Å². The van der Waals surface area contributed by atoms with Crippen LogP contribution in [0.3, 0.4) is 0 Å². The summed E-state index contributed by atoms with van der Waals surface area (Å²) in [7, 11) is -3.18. The third-order valence-corrected chi connectivity index (χ3v) is 4.53. The van der Waals surface area contributed by atoms with Gasteiger partial charge in [-0.05, 0) is 24.3 Å². The van der Waals surface area contributed by atoms with Crippen molar-refractivity contribution in [3.05, 3.63) is 35.9 Å². The van der Waals surface area contributed by atoms with Crippen molar-refractivity contribution >= 4 is 15.9 Å². The predicted octanol–water partition coefficient (Wildman–Crippen LogP) is 0.991. The average Bonchev–Trinajstić information content (AvgIpc) is 2.53. The topological polar surface area (TPSA) is 75.7 Å². The van der Waals surface area contributed by atoms with Crippen LogP contribution in [0, 0.1) is 5.92 Å². The summed E-state index contributed by atoms with van der Waals surface area (Å²) in [6, 6.07) is 9.72. The van der Waals surface area contributed by atoms with E-state index in [4.69, 9.17) is 4.74 Å². The number of benzene rings is 1. The Morgan fingerprint density at radius 1 is 1.35 bits per heavy atom. The molecule has 128 valence electrons. The normalized spacial score (nSPS) is 18.8. The van der Waals surface area contributed by atoms with Crippen LogP contribution in [0.1, 0.15) is 18.4 Å². The van der Waals surface area contributed by atoms with Crippen LogP contribution >= 0.6 is 0 Å². The molecule has 1 aromatic rings. The highest BCUT2D eigenvalue weighted by atomic mass is 32.2. The third kappa shape index (κ3) is 6.68. The lowest BCUT2D eigenvalue weighted by molar-refractivity contribution is -0.138. The molecule has 0 bridgehead atoms. The number of nitrogens with one attached hydrogen (secondary N) is 1. The molecule has 1 amide bonds. The predicted molar refractivity (Wildman–Crippen MR) is 88.2 cm³/mol. The summed E-state index contributed by atoms with van der Waals surface area (Å²) in [5, 5.41) is 0. The zero-order chi connectivity index (χ0) is 16.7. The monoisotopic (exact) mass is 340 g/mol. The molecule has 0 saturated carbocycles. The van der Waals surface area contributed by atoms with Crippen LogP contribution in [0.5, 0.6) is 0 Å². The summed E-state index contributed by atoms with van der Waals surface area (Å²) in [6.45, 7) is 2.15. The molecule has 0 unspecified atom stereocenters. The molecule has 0 aliphatic carbocycles. The first kappa shape index (κ1) is 17.9. The molecule has 1 atom stereocenters. The average molecular weight is 340 g/mol. The first-order valence-corrected chi connectivity index (χ1v) is 9.67. The lowest BCUT2D eigenvalue weighted by Gasteiger charge is -2.32. The minimum Gasteiger partial charge on any atom is -0.367 e. The second-order valence-electron chi connectivity index (χ2n) is 5.95. The van der Waals surface area contributed by atoms with Gasteiger partial charge in [0.25, 0.3) is 0 Å². The van der Waals surface area contributed by atoms with Gasteiger partial charge in [-0.1, -0.05) is 30.3 Å². The molecule has 0 spiro atoms. The van der Waals surface area contributed by atoms with Gasteiger partial charge in [-0.2, -0.15) is 0 Å². The Kier molecular flexibility index (Phi) is 6.56. The fourth-order valence-electron chi connectivity index (χ4n) is 2.65. The van der Waals surface area contributed by atoms with Gasteiger partial charge in [0.05, 0.1) is 12.9 Å². The van der Waals surface area contributed by atoms with Gasteiger partial charge in [0.2, 0.25) is 15.9 Å². The molecule has 1 saturated heterocycles. The van der Waals surface area contributed by atoms with E-state index in [1.807, 2.05) is 30.3 Å². The number of ether oxygens (including phenoxy) is 1. The Balaban J connectivity index is 1.73. The van der Waals surface area contributed by atoms with Gasteiger partial charge in [0, 0.05) is 19.6 Å². The zero-order valence-electron chi connectivity index (χ0n) is 13.4. The van der Waals surface area contributed by atoms with Crippen LogP contribution in [0.2, 0.25) is 0 Å². The van der Waals surface area contributed by atoms with E-state index in [-0.39, 0.29) is 18.4 Å². The number of sulfonamides is 1. The Morgan fingerprint density at radius 2 is 2.09 bits per heavy atom. The van der Waals surface area contributed by atoms with Gasteiger partial charge in [-0.25, -0.2) is 13.1 Å². The van der Waals surface area contributed by atoms with Crippen LogP contribution in [0.15, 0.2) is 30.3 Å². The van der Waals surface area contributed by atoms with Gasteiger partial charge in [0.1, 0.15) is 6.61 Å². The van der Waals surface area contributed by atoms with Crippen molar-refractivity contribution in [3.63, 3.8) is 0 Å². The molecule has 1 aromatic carbocycles. The SMILES string of the molecule is CS(=O)(=O)NC[C@H]1CCCN(C(=O)COCc2ccccc2)C1. The summed E-state index contributed by atoms with van der Waals surface area (Å²) in [4.78, 5) is 14.0. The molecule has 1 fully saturated rings. The van der Waals surface area contributed by atoms with E-state index in [9.17, 15) is 13.2 Å². The summed E-state index contributed by atoms with van der Waals surface area (Å²) in [5.74, 6) is 0.126. The second kappa shape index (κ2) is 8.42. The standard InChI is InChI=1S/C16H24N2O4S/c1-23(20,21)17-10-15-8-5-9-18(11-15)16(19)13-22-12-14-6-3-2-4-7-14/h2-4,6-7,15,17H,5,8-13H2,1H3/t15-/m1/s1. The molecule has 6 nitrogen and oxygen atoms in total. The van der Waals surface area contributed by atoms with E-state index >= 15 is 0 Å². The number of carbonyl (C=O) groups excluding carboxylic acids is 1. The molecule has 1 heterocycles. The fraction of sp³-hybridized carbons (Fsp3) is 0.562. The first-order chi connectivity index (χ1) is 10.9. The van der Waals surface area contributed by atoms with Crippen LogP contribution in [-0.4, -0.2) is 51.7 Å². The van der Waals surface area contributed by atoms with Crippen LogP contribution in [-0.2, 0) is 26.2 Å². The van der Waals surface area contributed by atoms with Gasteiger partial charge in [0.15, 0.2) is 0 Å². The van der Waals surface area contributed by atoms with Crippen LogP contribution < -0.4 is 4.72 Å². The number of hydrogen-bond acceptors (Lipinski definition) is 4. The molecule has 0 aromatic heterocycles. The summed E-state index contributed by atoms with van der Waals surface area (Å²) < 4.78 is 30.3. The summed E-state index contributed by atoms with van der Waals surface area (Å²) in [5.41, 5.74) is 1.04. The van der Waals surface area contributed by atoms with Crippen molar-refractivity contribution in [2.24, 2.45) is 5.92 Å². The molecule has 7 heteroatoms. The van der Waals surface area contributed by atoms with E-state index in [1.165, 1.54) is 0 Å². The van der Waals surface area contributed by atoms with E-state index in [0.717, 1.165) is 24.7 Å². The van der Waals surface area contributed by atoms with Gasteiger partial charge in [-0.15, -0.1) is 0 Å². The summed E-state index contributed by atoms with van der Waals surface area (Å²) in [6.07, 6.45) is 2.97. The number of hydrogen-bond donors (Lipinski definition) is 1. The van der Waals surface area contributed by atoms with Gasteiger partial charge in [-0.3, -0.25) is 4.79 Å². The lowest BCUT2D eigenvalue weighted by atomic mass is 9.98. The number of carbonyl (C=O) groups is 1. The Hall–Kier alpha value is -1.44. The van der Waals surface area contributed by atoms with Crippen molar-refractivity contribution in [2.45, 2.75) is 19.4 Å². The number of piperidine rings is 1. The third-order valence-electron chi connectivity index (χ3n) is 3.84.